The molecule has 0 bridgehead atoms. The average molecular weight is 547 g/mol. The molecule has 2 aliphatic carbocycles. The van der Waals surface area contributed by atoms with Crippen molar-refractivity contribution >= 4 is 26.5 Å². The number of likely N-dealkylation sites (tertiary alicyclic amines) is 1. The normalized spacial score (nSPS) is 21.7. The molecule has 1 saturated carbocycles. The lowest BCUT2D eigenvalue weighted by atomic mass is 9.86. The Morgan fingerprint density at radius 1 is 0.974 bits per heavy atom. The fourth-order valence-electron chi connectivity index (χ4n) is 6.58. The maximum Gasteiger partial charge on any atom is 0.223 e. The van der Waals surface area contributed by atoms with Gasteiger partial charge in [0.25, 0.3) is 0 Å². The number of nitrogens with one attached hydrogen (secondary N) is 1. The van der Waals surface area contributed by atoms with Crippen LogP contribution in [0, 0.1) is 0 Å². The van der Waals surface area contributed by atoms with Crippen molar-refractivity contribution in [3.8, 4) is 0 Å². The van der Waals surface area contributed by atoms with Gasteiger partial charge >= 0.3 is 0 Å². The van der Waals surface area contributed by atoms with Crippen LogP contribution in [0.25, 0.3) is 10.8 Å². The number of hydrogen-bond acceptors (Lipinski definition) is 5. The van der Waals surface area contributed by atoms with Gasteiger partial charge in [-0.1, -0.05) is 55.0 Å². The molecule has 0 radical (unpaired) electrons. The summed E-state index contributed by atoms with van der Waals surface area (Å²) in [6.07, 6.45) is 5.99. The zero-order valence-corrected chi connectivity index (χ0v) is 23.3. The number of carbonyl (C=O) groups is 1. The van der Waals surface area contributed by atoms with Crippen LogP contribution in [0.1, 0.15) is 74.1 Å². The maximum atomic E-state index is 13.6. The highest BCUT2D eigenvalue weighted by Gasteiger charge is 2.60. The van der Waals surface area contributed by atoms with Gasteiger partial charge in [-0.15, -0.1) is 0 Å². The molecule has 6 rings (SSSR count). The van der Waals surface area contributed by atoms with Gasteiger partial charge in [-0.25, -0.2) is 8.42 Å². The number of benzene rings is 3. The van der Waals surface area contributed by atoms with E-state index in [1.54, 1.807) is 18.2 Å². The first-order valence-electron chi connectivity index (χ1n) is 14.4. The van der Waals surface area contributed by atoms with Gasteiger partial charge in [0.15, 0.2) is 9.84 Å². The quantitative estimate of drug-likeness (QED) is 0.412. The number of aliphatic hydroxyl groups is 1. The van der Waals surface area contributed by atoms with E-state index in [4.69, 9.17) is 0 Å². The Kier molecular flexibility index (Phi) is 7.25. The Hall–Kier alpha value is -2.74. The molecule has 0 aromatic heterocycles. The van der Waals surface area contributed by atoms with Gasteiger partial charge in [0.05, 0.1) is 23.5 Å². The lowest BCUT2D eigenvalue weighted by molar-refractivity contribution is -0.124. The van der Waals surface area contributed by atoms with Crippen molar-refractivity contribution in [2.45, 2.75) is 86.1 Å². The van der Waals surface area contributed by atoms with Crippen LogP contribution in [0.3, 0.4) is 0 Å². The summed E-state index contributed by atoms with van der Waals surface area (Å²) in [6, 6.07) is 19.2. The molecule has 1 amide bonds. The van der Waals surface area contributed by atoms with Crippen LogP contribution < -0.4 is 5.32 Å². The lowest BCUT2D eigenvalue weighted by Gasteiger charge is -2.30. The van der Waals surface area contributed by atoms with E-state index >= 15 is 0 Å². The molecule has 1 heterocycles. The summed E-state index contributed by atoms with van der Waals surface area (Å²) in [5.41, 5.74) is 3.77. The van der Waals surface area contributed by atoms with E-state index in [2.05, 4.69) is 28.4 Å². The van der Waals surface area contributed by atoms with Crippen LogP contribution in [0.5, 0.6) is 0 Å². The Morgan fingerprint density at radius 3 is 2.51 bits per heavy atom. The Morgan fingerprint density at radius 2 is 1.74 bits per heavy atom. The molecule has 206 valence electrons. The van der Waals surface area contributed by atoms with Crippen molar-refractivity contribution in [2.75, 3.05) is 13.1 Å². The summed E-state index contributed by atoms with van der Waals surface area (Å²) in [4.78, 5) is 15.8. The molecule has 2 N–H and O–H groups in total. The van der Waals surface area contributed by atoms with Crippen molar-refractivity contribution < 1.29 is 18.3 Å². The first-order chi connectivity index (χ1) is 18.9. The van der Waals surface area contributed by atoms with E-state index in [9.17, 15) is 18.3 Å². The SMILES string of the molecule is O=C(C[C@H](O)C1(S(=O)(=O)c2ccc3ccccc3c2)CC1)N[C@@H]1CCCc2cc(CN3CCCCC3)ccc21. The highest BCUT2D eigenvalue weighted by atomic mass is 32.2. The van der Waals surface area contributed by atoms with E-state index in [-0.39, 0.29) is 23.3 Å². The first-order valence-corrected chi connectivity index (χ1v) is 15.9. The second-order valence-corrected chi connectivity index (χ2v) is 14.0. The minimum Gasteiger partial charge on any atom is -0.391 e. The van der Waals surface area contributed by atoms with Gasteiger partial charge in [0.2, 0.25) is 5.91 Å². The molecule has 7 heteroatoms. The molecule has 3 aliphatic rings. The van der Waals surface area contributed by atoms with Crippen molar-refractivity contribution in [1.82, 2.24) is 10.2 Å². The topological polar surface area (TPSA) is 86.7 Å². The Balaban J connectivity index is 1.12. The molecular weight excluding hydrogens is 508 g/mol. The second-order valence-electron chi connectivity index (χ2n) is 11.7. The van der Waals surface area contributed by atoms with Crippen molar-refractivity contribution in [1.29, 1.82) is 0 Å². The highest BCUT2D eigenvalue weighted by molar-refractivity contribution is 7.93. The number of sulfone groups is 1. The number of nitrogens with zero attached hydrogens (tertiary/aromatic N) is 1. The Bertz CT molecular complexity index is 1470. The van der Waals surface area contributed by atoms with Gasteiger partial charge in [-0.2, -0.15) is 0 Å². The average Bonchev–Trinajstić information content (AvgIpc) is 3.76. The number of aliphatic hydroxyl groups excluding tert-OH is 1. The fraction of sp³-hybridized carbons (Fsp3) is 0.469. The predicted molar refractivity (Wildman–Crippen MR) is 153 cm³/mol. The summed E-state index contributed by atoms with van der Waals surface area (Å²) in [7, 11) is -3.80. The number of hydrogen-bond donors (Lipinski definition) is 2. The Labute approximate surface area is 231 Å². The molecule has 39 heavy (non-hydrogen) atoms. The van der Waals surface area contributed by atoms with Gasteiger partial charge < -0.3 is 10.4 Å². The van der Waals surface area contributed by atoms with Crippen LogP contribution >= 0.6 is 0 Å². The zero-order chi connectivity index (χ0) is 27.0. The molecule has 3 aromatic carbocycles. The van der Waals surface area contributed by atoms with E-state index < -0.39 is 20.7 Å². The summed E-state index contributed by atoms with van der Waals surface area (Å²) < 4.78 is 25.9. The number of aryl methyl sites for hydroxylation is 1. The number of rotatable bonds is 8. The minimum absolute atomic E-state index is 0.107. The lowest BCUT2D eigenvalue weighted by Crippen LogP contribution is -2.41. The van der Waals surface area contributed by atoms with Gasteiger partial charge in [-0.3, -0.25) is 9.69 Å². The van der Waals surface area contributed by atoms with Crippen LogP contribution in [-0.4, -0.2) is 48.3 Å². The number of piperidine rings is 1. The van der Waals surface area contributed by atoms with E-state index in [1.807, 2.05) is 24.3 Å². The van der Waals surface area contributed by atoms with Crippen LogP contribution in [-0.2, 0) is 27.6 Å². The number of amides is 1. The summed E-state index contributed by atoms with van der Waals surface area (Å²) in [5, 5.41) is 16.0. The van der Waals surface area contributed by atoms with Crippen molar-refractivity contribution in [3.05, 3.63) is 77.4 Å². The van der Waals surface area contributed by atoms with Crippen LogP contribution in [0.4, 0.5) is 0 Å². The van der Waals surface area contributed by atoms with Crippen molar-refractivity contribution in [2.24, 2.45) is 0 Å². The zero-order valence-electron chi connectivity index (χ0n) is 22.4. The predicted octanol–water partition coefficient (Wildman–Crippen LogP) is 5.08. The van der Waals surface area contributed by atoms with Crippen LogP contribution in [0.15, 0.2) is 65.6 Å². The standard InChI is InChI=1S/C32H38N2O4S/c35-30(32(15-16-32)39(37,38)27-13-12-24-7-2-3-8-25(24)20-27)21-31(36)33-29-10-6-9-26-19-23(11-14-28(26)29)22-34-17-4-1-5-18-34/h2-3,7-8,11-14,19-20,29-30,35H,1,4-6,9-10,15-18,21-22H2,(H,33,36)/t29-,30+/m1/s1. The van der Waals surface area contributed by atoms with E-state index in [0.29, 0.717) is 12.8 Å². The highest BCUT2D eigenvalue weighted by Crippen LogP contribution is 2.50. The summed E-state index contributed by atoms with van der Waals surface area (Å²) >= 11 is 0. The first kappa shape index (κ1) is 26.5. The summed E-state index contributed by atoms with van der Waals surface area (Å²) in [6.45, 7) is 3.30. The molecule has 0 spiro atoms. The third-order valence-corrected chi connectivity index (χ3v) is 11.6. The van der Waals surface area contributed by atoms with E-state index in [0.717, 1.165) is 55.2 Å². The van der Waals surface area contributed by atoms with Gasteiger partial charge in [0.1, 0.15) is 4.75 Å². The fourth-order valence-corrected chi connectivity index (χ4v) is 8.66. The molecular formula is C32H38N2O4S. The number of fused-ring (bicyclic) bond motifs is 2. The number of carbonyl (C=O) groups excluding carboxylic acids is 1. The largest absolute Gasteiger partial charge is 0.391 e. The molecule has 3 aromatic rings. The second kappa shape index (κ2) is 10.7. The third kappa shape index (κ3) is 5.24. The van der Waals surface area contributed by atoms with Gasteiger partial charge in [0, 0.05) is 6.54 Å². The molecule has 1 aliphatic heterocycles. The molecule has 2 fully saturated rings. The minimum atomic E-state index is -3.80. The van der Waals surface area contributed by atoms with Gasteiger partial charge in [-0.05, 0) is 97.6 Å². The maximum absolute atomic E-state index is 13.6. The molecule has 1 saturated heterocycles. The third-order valence-electron chi connectivity index (χ3n) is 9.01. The molecule has 6 nitrogen and oxygen atoms in total. The smallest absolute Gasteiger partial charge is 0.223 e. The monoisotopic (exact) mass is 546 g/mol. The molecule has 0 unspecified atom stereocenters. The summed E-state index contributed by atoms with van der Waals surface area (Å²) in [5.74, 6) is -0.294. The van der Waals surface area contributed by atoms with Crippen LogP contribution in [0.2, 0.25) is 0 Å². The van der Waals surface area contributed by atoms with E-state index in [1.165, 1.54) is 30.4 Å². The van der Waals surface area contributed by atoms with Crippen molar-refractivity contribution in [3.63, 3.8) is 0 Å². The molecule has 2 atom stereocenters.